The predicted molar refractivity (Wildman–Crippen MR) is 194 cm³/mol. The molecule has 0 bridgehead atoms. The largest absolute Gasteiger partial charge is 0.364 e. The number of rotatable bonds is 13. The van der Waals surface area contributed by atoms with Crippen LogP contribution in [0.2, 0.25) is 0 Å². The van der Waals surface area contributed by atoms with Gasteiger partial charge in [0.1, 0.15) is 11.7 Å². The maximum atomic E-state index is 13.9. The van der Waals surface area contributed by atoms with Crippen molar-refractivity contribution in [1.82, 2.24) is 30.2 Å². The van der Waals surface area contributed by atoms with Gasteiger partial charge in [0.05, 0.1) is 11.6 Å². The highest BCUT2D eigenvalue weighted by Gasteiger charge is 2.36. The first-order valence-electron chi connectivity index (χ1n) is 17.8. The fourth-order valence-electron chi connectivity index (χ4n) is 7.30. The van der Waals surface area contributed by atoms with Crippen molar-refractivity contribution in [2.45, 2.75) is 57.7 Å². The molecule has 4 aromatic rings. The van der Waals surface area contributed by atoms with E-state index in [9.17, 15) is 19.2 Å². The van der Waals surface area contributed by atoms with Crippen molar-refractivity contribution in [3.05, 3.63) is 124 Å². The lowest BCUT2D eigenvalue weighted by atomic mass is 9.86. The van der Waals surface area contributed by atoms with E-state index >= 15 is 0 Å². The number of nitrogens with zero attached hydrogens (tertiary/aromatic N) is 4. The minimum atomic E-state index is -0.663. The van der Waals surface area contributed by atoms with Crippen LogP contribution in [0.15, 0.2) is 84.9 Å². The first-order chi connectivity index (χ1) is 24.7. The molecule has 1 aliphatic carbocycles. The third kappa shape index (κ3) is 8.72. The Bertz CT molecular complexity index is 1820. The molecule has 51 heavy (non-hydrogen) atoms. The number of fused-ring (bicyclic) bond motifs is 1. The number of hydrogen-bond donors (Lipinski definition) is 3. The van der Waals surface area contributed by atoms with Crippen LogP contribution in [0, 0.1) is 5.92 Å². The molecule has 0 radical (unpaired) electrons. The van der Waals surface area contributed by atoms with E-state index in [0.29, 0.717) is 38.2 Å². The lowest BCUT2D eigenvalue weighted by Gasteiger charge is -2.36. The Balaban J connectivity index is 1.08. The molecule has 0 unspecified atom stereocenters. The van der Waals surface area contributed by atoms with Gasteiger partial charge in [-0.1, -0.05) is 85.8 Å². The number of nitrogens with one attached hydrogen (secondary N) is 2. The van der Waals surface area contributed by atoms with E-state index in [0.717, 1.165) is 43.6 Å². The van der Waals surface area contributed by atoms with E-state index in [1.165, 1.54) is 21.4 Å². The van der Waals surface area contributed by atoms with Crippen molar-refractivity contribution in [3.8, 4) is 0 Å². The van der Waals surface area contributed by atoms with Crippen LogP contribution >= 0.6 is 0 Å². The van der Waals surface area contributed by atoms with Gasteiger partial charge in [-0.05, 0) is 52.6 Å². The standard InChI is InChI=1S/C40H47N7O4/c1-3-36(48)43-34(40(51)47-19-17-46(18-20-47)26-29-9-5-4-6-10-29)21-27-13-15-28(16-14-27)25-42-39(50)37(33-24-35(38(41)49)45(2)44-33)32-22-30-11-7-8-12-31(30)23-32/h4-16,24,32,34,37H,3,17-23,25-26H2,1-2H3,(H2,41,49)(H,42,50)(H,43,48)/t34-,37+/m1/s1. The fourth-order valence-corrected chi connectivity index (χ4v) is 7.30. The van der Waals surface area contributed by atoms with E-state index in [1.807, 2.05) is 59.5 Å². The van der Waals surface area contributed by atoms with E-state index < -0.39 is 17.9 Å². The van der Waals surface area contributed by atoms with Crippen molar-refractivity contribution < 1.29 is 19.2 Å². The van der Waals surface area contributed by atoms with Crippen LogP contribution in [0.3, 0.4) is 0 Å². The number of piperazine rings is 1. The monoisotopic (exact) mass is 689 g/mol. The van der Waals surface area contributed by atoms with Crippen molar-refractivity contribution >= 4 is 23.6 Å². The smallest absolute Gasteiger partial charge is 0.266 e. The van der Waals surface area contributed by atoms with Crippen LogP contribution in [0.4, 0.5) is 0 Å². The summed E-state index contributed by atoms with van der Waals surface area (Å²) in [6, 6.07) is 27.3. The fraction of sp³-hybridized carbons (Fsp3) is 0.375. The summed E-state index contributed by atoms with van der Waals surface area (Å²) in [5.41, 5.74) is 11.9. The summed E-state index contributed by atoms with van der Waals surface area (Å²) in [6.45, 7) is 5.70. The van der Waals surface area contributed by atoms with E-state index in [1.54, 1.807) is 20.0 Å². The number of nitrogens with two attached hydrogens (primary N) is 1. The predicted octanol–water partition coefficient (Wildman–Crippen LogP) is 3.12. The Morgan fingerprint density at radius 3 is 2.08 bits per heavy atom. The van der Waals surface area contributed by atoms with Gasteiger partial charge >= 0.3 is 0 Å². The summed E-state index contributed by atoms with van der Waals surface area (Å²) >= 11 is 0. The molecular weight excluding hydrogens is 642 g/mol. The third-order valence-corrected chi connectivity index (χ3v) is 10.1. The highest BCUT2D eigenvalue weighted by Crippen LogP contribution is 2.37. The van der Waals surface area contributed by atoms with Crippen molar-refractivity contribution in [1.29, 1.82) is 0 Å². The first-order valence-corrected chi connectivity index (χ1v) is 17.8. The highest BCUT2D eigenvalue weighted by atomic mass is 16.2. The number of aromatic nitrogens is 2. The SMILES string of the molecule is CCC(=O)N[C@H](Cc1ccc(CNC(=O)[C@H](c2cc(C(N)=O)n(C)n2)C2Cc3ccccc3C2)cc1)C(=O)N1CCN(Cc2ccccc2)CC1. The first kappa shape index (κ1) is 35.5. The molecule has 2 aliphatic rings. The summed E-state index contributed by atoms with van der Waals surface area (Å²) < 4.78 is 1.44. The normalized spacial score (nSPS) is 15.9. The maximum Gasteiger partial charge on any atom is 0.266 e. The Morgan fingerprint density at radius 1 is 0.843 bits per heavy atom. The number of hydrogen-bond acceptors (Lipinski definition) is 6. The second-order valence-corrected chi connectivity index (χ2v) is 13.7. The Labute approximate surface area is 299 Å². The summed E-state index contributed by atoms with van der Waals surface area (Å²) in [5, 5.41) is 10.6. The van der Waals surface area contributed by atoms with Crippen molar-refractivity contribution in [3.63, 3.8) is 0 Å². The van der Waals surface area contributed by atoms with Gasteiger partial charge in [0.2, 0.25) is 17.7 Å². The number of carbonyl (C=O) groups excluding carboxylic acids is 4. The topological polar surface area (TPSA) is 143 Å². The van der Waals surface area contributed by atoms with Gasteiger partial charge in [-0.3, -0.25) is 28.8 Å². The second-order valence-electron chi connectivity index (χ2n) is 13.7. The average Bonchev–Trinajstić information content (AvgIpc) is 3.75. The molecule has 1 aromatic heterocycles. The molecule has 2 atom stereocenters. The second kappa shape index (κ2) is 16.2. The molecule has 1 saturated heterocycles. The molecule has 1 fully saturated rings. The third-order valence-electron chi connectivity index (χ3n) is 10.1. The summed E-state index contributed by atoms with van der Waals surface area (Å²) in [6.07, 6.45) is 2.14. The molecule has 2 heterocycles. The number of carbonyl (C=O) groups is 4. The molecule has 1 aliphatic heterocycles. The van der Waals surface area contributed by atoms with E-state index in [4.69, 9.17) is 5.73 Å². The minimum Gasteiger partial charge on any atom is -0.364 e. The molecule has 11 heteroatoms. The average molecular weight is 690 g/mol. The maximum absolute atomic E-state index is 13.9. The van der Waals surface area contributed by atoms with Gasteiger partial charge < -0.3 is 21.3 Å². The van der Waals surface area contributed by atoms with Gasteiger partial charge in [-0.25, -0.2) is 0 Å². The van der Waals surface area contributed by atoms with Crippen LogP contribution in [0.1, 0.15) is 63.3 Å². The van der Waals surface area contributed by atoms with Crippen LogP contribution in [0.5, 0.6) is 0 Å². The minimum absolute atomic E-state index is 0.0138. The molecule has 4 N–H and O–H groups in total. The van der Waals surface area contributed by atoms with Gasteiger partial charge in [-0.15, -0.1) is 0 Å². The molecule has 0 spiro atoms. The zero-order chi connectivity index (χ0) is 35.9. The molecule has 266 valence electrons. The molecule has 4 amide bonds. The van der Waals surface area contributed by atoms with Gasteiger partial charge in [0.15, 0.2) is 0 Å². The molecular formula is C40H47N7O4. The summed E-state index contributed by atoms with van der Waals surface area (Å²) in [4.78, 5) is 56.2. The van der Waals surface area contributed by atoms with Crippen molar-refractivity contribution in [2.75, 3.05) is 26.2 Å². The lowest BCUT2D eigenvalue weighted by molar-refractivity contribution is -0.138. The quantitative estimate of drug-likeness (QED) is 0.197. The Morgan fingerprint density at radius 2 is 1.47 bits per heavy atom. The zero-order valence-corrected chi connectivity index (χ0v) is 29.4. The zero-order valence-electron chi connectivity index (χ0n) is 29.4. The number of primary amides is 1. The molecule has 6 rings (SSSR count). The van der Waals surface area contributed by atoms with Gasteiger partial charge in [-0.2, -0.15) is 5.10 Å². The van der Waals surface area contributed by atoms with E-state index in [-0.39, 0.29) is 29.3 Å². The van der Waals surface area contributed by atoms with Crippen molar-refractivity contribution in [2.24, 2.45) is 18.7 Å². The number of aryl methyl sites for hydroxylation is 1. The van der Waals surface area contributed by atoms with E-state index in [2.05, 4.69) is 44.9 Å². The van der Waals surface area contributed by atoms with Gasteiger partial charge in [0, 0.05) is 59.2 Å². The van der Waals surface area contributed by atoms with Crippen LogP contribution in [-0.4, -0.2) is 75.4 Å². The lowest BCUT2D eigenvalue weighted by Crippen LogP contribution is -2.55. The van der Waals surface area contributed by atoms with Crippen LogP contribution in [-0.2, 0) is 53.8 Å². The number of benzene rings is 3. The van der Waals surface area contributed by atoms with Gasteiger partial charge in [0.25, 0.3) is 5.91 Å². The van der Waals surface area contributed by atoms with Crippen LogP contribution < -0.4 is 16.4 Å². The molecule has 0 saturated carbocycles. The highest BCUT2D eigenvalue weighted by molar-refractivity contribution is 5.92. The Hall–Kier alpha value is -5.29. The summed E-state index contributed by atoms with van der Waals surface area (Å²) in [7, 11) is 1.66. The van der Waals surface area contributed by atoms with Crippen LogP contribution in [0.25, 0.3) is 0 Å². The Kier molecular flexibility index (Phi) is 11.3. The summed E-state index contributed by atoms with van der Waals surface area (Å²) in [5.74, 6) is -1.56. The molecule has 3 aromatic carbocycles. The number of amides is 4. The molecule has 11 nitrogen and oxygen atoms in total.